The Morgan fingerprint density at radius 1 is 1.35 bits per heavy atom. The van der Waals surface area contributed by atoms with Gasteiger partial charge in [0.15, 0.2) is 0 Å². The quantitative estimate of drug-likeness (QED) is 0.493. The topological polar surface area (TPSA) is 99.0 Å². The highest BCUT2D eigenvalue weighted by molar-refractivity contribution is 5.73. The molecule has 1 saturated heterocycles. The van der Waals surface area contributed by atoms with Crippen LogP contribution in [0, 0.1) is 5.92 Å². The van der Waals surface area contributed by atoms with E-state index in [0.717, 1.165) is 0 Å². The van der Waals surface area contributed by atoms with Crippen molar-refractivity contribution in [2.75, 3.05) is 6.61 Å². The van der Waals surface area contributed by atoms with Crippen molar-refractivity contribution in [3.05, 3.63) is 0 Å². The zero-order chi connectivity index (χ0) is 13.2. The maximum atomic E-state index is 11.1. The van der Waals surface area contributed by atoms with Gasteiger partial charge in [-0.15, -0.1) is 0 Å². The minimum Gasteiger partial charge on any atom is -0.394 e. The molecule has 0 aromatic rings. The van der Waals surface area contributed by atoms with Gasteiger partial charge >= 0.3 is 0 Å². The molecule has 0 bridgehead atoms. The average Bonchev–Trinajstić information content (AvgIpc) is 2.24. The molecule has 0 aromatic heterocycles. The highest BCUT2D eigenvalue weighted by Gasteiger charge is 2.45. The first-order chi connectivity index (χ1) is 7.88. The summed E-state index contributed by atoms with van der Waals surface area (Å²) in [4.78, 5) is 11.1. The fraction of sp³-hybridized carbons (Fsp3) is 0.909. The second-order valence-electron chi connectivity index (χ2n) is 4.77. The van der Waals surface area contributed by atoms with Crippen molar-refractivity contribution in [1.29, 1.82) is 0 Å². The van der Waals surface area contributed by atoms with Gasteiger partial charge in [0.2, 0.25) is 5.91 Å². The molecule has 1 heterocycles. The Labute approximate surface area is 101 Å². The molecule has 0 radical (unpaired) electrons. The largest absolute Gasteiger partial charge is 0.394 e. The molecule has 0 aromatic carbocycles. The predicted molar refractivity (Wildman–Crippen MR) is 60.2 cm³/mol. The molecule has 4 N–H and O–H groups in total. The number of hydrogen-bond donors (Lipinski definition) is 4. The SMILES string of the molecule is CC(=O)N[C@H]1C(O)[C@H](O)C(CO)O[C@H]1C(C)C. The van der Waals surface area contributed by atoms with Crippen molar-refractivity contribution in [2.45, 2.75) is 51.2 Å². The van der Waals surface area contributed by atoms with Crippen LogP contribution in [0.5, 0.6) is 0 Å². The summed E-state index contributed by atoms with van der Waals surface area (Å²) in [6.07, 6.45) is -3.60. The van der Waals surface area contributed by atoms with E-state index in [-0.39, 0.29) is 18.4 Å². The van der Waals surface area contributed by atoms with Gasteiger partial charge in [-0.2, -0.15) is 0 Å². The Hall–Kier alpha value is -0.690. The Morgan fingerprint density at radius 2 is 1.94 bits per heavy atom. The van der Waals surface area contributed by atoms with Crippen molar-refractivity contribution < 1.29 is 24.9 Å². The summed E-state index contributed by atoms with van der Waals surface area (Å²) < 4.78 is 5.52. The van der Waals surface area contributed by atoms with E-state index in [1.54, 1.807) is 0 Å². The van der Waals surface area contributed by atoms with E-state index in [2.05, 4.69) is 5.32 Å². The smallest absolute Gasteiger partial charge is 0.217 e. The van der Waals surface area contributed by atoms with E-state index in [1.807, 2.05) is 13.8 Å². The summed E-state index contributed by atoms with van der Waals surface area (Å²) >= 11 is 0. The number of rotatable bonds is 3. The first kappa shape index (κ1) is 14.4. The Balaban J connectivity index is 2.86. The van der Waals surface area contributed by atoms with Crippen molar-refractivity contribution in [3.8, 4) is 0 Å². The van der Waals surface area contributed by atoms with Crippen LogP contribution >= 0.6 is 0 Å². The summed E-state index contributed by atoms with van der Waals surface area (Å²) in [5, 5.41) is 31.3. The van der Waals surface area contributed by atoms with Crippen molar-refractivity contribution >= 4 is 5.91 Å². The van der Waals surface area contributed by atoms with Crippen molar-refractivity contribution in [2.24, 2.45) is 5.92 Å². The lowest BCUT2D eigenvalue weighted by Crippen LogP contribution is -2.65. The number of carbonyl (C=O) groups excluding carboxylic acids is 1. The monoisotopic (exact) mass is 247 g/mol. The van der Waals surface area contributed by atoms with Crippen LogP contribution in [0.2, 0.25) is 0 Å². The van der Waals surface area contributed by atoms with Gasteiger partial charge in [-0.05, 0) is 5.92 Å². The van der Waals surface area contributed by atoms with Crippen LogP contribution in [0.3, 0.4) is 0 Å². The summed E-state index contributed by atoms with van der Waals surface area (Å²) in [6, 6.07) is -0.662. The van der Waals surface area contributed by atoms with Gasteiger partial charge in [0.25, 0.3) is 0 Å². The Kier molecular flexibility index (Phi) is 4.88. The lowest BCUT2D eigenvalue weighted by molar-refractivity contribution is -0.204. The van der Waals surface area contributed by atoms with E-state index < -0.39 is 30.5 Å². The average molecular weight is 247 g/mol. The van der Waals surface area contributed by atoms with E-state index in [0.29, 0.717) is 0 Å². The third kappa shape index (κ3) is 3.16. The van der Waals surface area contributed by atoms with E-state index >= 15 is 0 Å². The molecular weight excluding hydrogens is 226 g/mol. The van der Waals surface area contributed by atoms with Crippen LogP contribution in [0.1, 0.15) is 20.8 Å². The number of ether oxygens (including phenoxy) is 1. The number of aliphatic hydroxyl groups is 3. The molecule has 0 saturated carbocycles. The van der Waals surface area contributed by atoms with E-state index in [9.17, 15) is 15.0 Å². The second kappa shape index (κ2) is 5.77. The number of carbonyl (C=O) groups is 1. The van der Waals surface area contributed by atoms with E-state index in [1.165, 1.54) is 6.92 Å². The fourth-order valence-corrected chi connectivity index (χ4v) is 2.12. The molecule has 1 aliphatic rings. The Morgan fingerprint density at radius 3 is 2.35 bits per heavy atom. The summed E-state index contributed by atoms with van der Waals surface area (Å²) in [5.41, 5.74) is 0. The first-order valence-corrected chi connectivity index (χ1v) is 5.78. The molecule has 1 amide bonds. The third-order valence-electron chi connectivity index (χ3n) is 2.99. The standard InChI is InChI=1S/C11H21NO5/c1-5(2)11-8(12-6(3)14)10(16)9(15)7(4-13)17-11/h5,7-11,13,15-16H,4H2,1-3H3,(H,12,14)/t7?,8-,9+,10?,11-/m0/s1. The minimum atomic E-state index is -1.20. The van der Waals surface area contributed by atoms with Crippen LogP contribution in [-0.4, -0.2) is 58.3 Å². The minimum absolute atomic E-state index is 0.0445. The molecule has 0 aliphatic carbocycles. The maximum Gasteiger partial charge on any atom is 0.217 e. The van der Waals surface area contributed by atoms with E-state index in [4.69, 9.17) is 9.84 Å². The fourth-order valence-electron chi connectivity index (χ4n) is 2.12. The van der Waals surface area contributed by atoms with Gasteiger partial charge in [0.05, 0.1) is 18.8 Å². The van der Waals surface area contributed by atoms with Crippen LogP contribution in [-0.2, 0) is 9.53 Å². The molecule has 17 heavy (non-hydrogen) atoms. The molecule has 1 fully saturated rings. The lowest BCUT2D eigenvalue weighted by atomic mass is 9.87. The van der Waals surface area contributed by atoms with Gasteiger partial charge in [0, 0.05) is 6.92 Å². The van der Waals surface area contributed by atoms with Gasteiger partial charge in [-0.3, -0.25) is 4.79 Å². The highest BCUT2D eigenvalue weighted by atomic mass is 16.5. The normalized spacial score (nSPS) is 38.2. The van der Waals surface area contributed by atoms with Gasteiger partial charge < -0.3 is 25.4 Å². The lowest BCUT2D eigenvalue weighted by Gasteiger charge is -2.44. The first-order valence-electron chi connectivity index (χ1n) is 5.78. The number of nitrogens with one attached hydrogen (secondary N) is 1. The van der Waals surface area contributed by atoms with Crippen LogP contribution < -0.4 is 5.32 Å². The molecule has 6 heteroatoms. The molecular formula is C11H21NO5. The summed E-state index contributed by atoms with van der Waals surface area (Å²) in [6.45, 7) is 4.75. The Bertz CT molecular complexity index is 271. The number of hydrogen-bond acceptors (Lipinski definition) is 5. The molecule has 0 spiro atoms. The number of aliphatic hydroxyl groups excluding tert-OH is 3. The summed E-state index contributed by atoms with van der Waals surface area (Å²) in [5.74, 6) is -0.249. The molecule has 1 rings (SSSR count). The maximum absolute atomic E-state index is 11.1. The summed E-state index contributed by atoms with van der Waals surface area (Å²) in [7, 11) is 0. The molecule has 1 aliphatic heterocycles. The molecule has 5 atom stereocenters. The second-order valence-corrected chi connectivity index (χ2v) is 4.77. The third-order valence-corrected chi connectivity index (χ3v) is 2.99. The van der Waals surface area contributed by atoms with Crippen LogP contribution in [0.15, 0.2) is 0 Å². The van der Waals surface area contributed by atoms with Crippen LogP contribution in [0.25, 0.3) is 0 Å². The van der Waals surface area contributed by atoms with Gasteiger partial charge in [-0.25, -0.2) is 0 Å². The predicted octanol–water partition coefficient (Wildman–Crippen LogP) is -1.37. The van der Waals surface area contributed by atoms with Crippen molar-refractivity contribution in [3.63, 3.8) is 0 Å². The van der Waals surface area contributed by atoms with Gasteiger partial charge in [0.1, 0.15) is 18.3 Å². The van der Waals surface area contributed by atoms with Crippen LogP contribution in [0.4, 0.5) is 0 Å². The zero-order valence-electron chi connectivity index (χ0n) is 10.3. The highest BCUT2D eigenvalue weighted by Crippen LogP contribution is 2.25. The zero-order valence-corrected chi connectivity index (χ0v) is 10.3. The molecule has 100 valence electrons. The van der Waals surface area contributed by atoms with Gasteiger partial charge in [-0.1, -0.05) is 13.8 Å². The number of amides is 1. The van der Waals surface area contributed by atoms with Crippen molar-refractivity contribution in [1.82, 2.24) is 5.32 Å². The molecule has 2 unspecified atom stereocenters. The molecule has 6 nitrogen and oxygen atoms in total.